The van der Waals surface area contributed by atoms with Gasteiger partial charge < -0.3 is 24.2 Å². The summed E-state index contributed by atoms with van der Waals surface area (Å²) in [6.45, 7) is 3.06. The molecule has 1 saturated heterocycles. The Balaban J connectivity index is 1.77. The number of aliphatic hydroxyl groups excluding tert-OH is 1. The van der Waals surface area contributed by atoms with E-state index in [0.717, 1.165) is 0 Å². The molecule has 1 fully saturated rings. The van der Waals surface area contributed by atoms with E-state index in [4.69, 9.17) is 14.2 Å². The topological polar surface area (TPSA) is 68.2 Å². The van der Waals surface area contributed by atoms with Crippen LogP contribution >= 0.6 is 0 Å². The normalized spacial score (nSPS) is 21.8. The van der Waals surface area contributed by atoms with Gasteiger partial charge in [0, 0.05) is 31.2 Å². The lowest BCUT2D eigenvalue weighted by Crippen LogP contribution is -2.36. The number of benzene rings is 1. The first-order valence-corrected chi connectivity index (χ1v) is 7.15. The molecule has 0 spiro atoms. The Morgan fingerprint density at radius 3 is 2.86 bits per heavy atom. The summed E-state index contributed by atoms with van der Waals surface area (Å²) in [5, 5.41) is 9.29. The van der Waals surface area contributed by atoms with Gasteiger partial charge in [-0.1, -0.05) is 0 Å². The van der Waals surface area contributed by atoms with Crippen LogP contribution in [0.15, 0.2) is 18.2 Å². The van der Waals surface area contributed by atoms with Crippen LogP contribution < -0.4 is 9.47 Å². The Kier molecular flexibility index (Phi) is 4.26. The minimum atomic E-state index is -0.0732. The summed E-state index contributed by atoms with van der Waals surface area (Å²) in [5.74, 6) is 1.17. The van der Waals surface area contributed by atoms with Crippen molar-refractivity contribution < 1.29 is 24.1 Å². The Hall–Kier alpha value is -1.79. The van der Waals surface area contributed by atoms with Crippen LogP contribution in [-0.2, 0) is 4.74 Å². The fourth-order valence-corrected chi connectivity index (χ4v) is 2.53. The highest BCUT2D eigenvalue weighted by Crippen LogP contribution is 2.31. The number of carbonyl (C=O) groups is 1. The molecule has 2 aliphatic heterocycles. The molecule has 1 N–H and O–H groups in total. The Morgan fingerprint density at radius 2 is 2.05 bits per heavy atom. The first-order chi connectivity index (χ1) is 10.3. The second-order valence-electron chi connectivity index (χ2n) is 5.23. The van der Waals surface area contributed by atoms with Crippen LogP contribution in [0.25, 0.3) is 0 Å². The number of nitrogens with zero attached hydrogens (tertiary/aromatic N) is 1. The lowest BCUT2D eigenvalue weighted by atomic mass is 10.1. The van der Waals surface area contributed by atoms with E-state index in [2.05, 4.69) is 0 Å². The number of ether oxygens (including phenoxy) is 3. The number of hydrogen-bond donors (Lipinski definition) is 1. The maximum Gasteiger partial charge on any atom is 0.254 e. The molecule has 0 aliphatic carbocycles. The molecule has 21 heavy (non-hydrogen) atoms. The molecule has 6 heteroatoms. The summed E-state index contributed by atoms with van der Waals surface area (Å²) in [4.78, 5) is 14.3. The van der Waals surface area contributed by atoms with Crippen LogP contribution in [0, 0.1) is 5.92 Å². The zero-order valence-electron chi connectivity index (χ0n) is 11.8. The lowest BCUT2D eigenvalue weighted by Gasteiger charge is -2.24. The number of amides is 1. The highest BCUT2D eigenvalue weighted by Gasteiger charge is 2.24. The van der Waals surface area contributed by atoms with Crippen molar-refractivity contribution >= 4 is 5.91 Å². The maximum absolute atomic E-state index is 12.6. The molecule has 3 rings (SSSR count). The molecule has 0 saturated carbocycles. The van der Waals surface area contributed by atoms with Gasteiger partial charge in [0.25, 0.3) is 5.91 Å². The number of aliphatic hydroxyl groups is 1. The predicted molar refractivity (Wildman–Crippen MR) is 74.7 cm³/mol. The minimum Gasteiger partial charge on any atom is -0.486 e. The summed E-state index contributed by atoms with van der Waals surface area (Å²) < 4.78 is 16.4. The van der Waals surface area contributed by atoms with Gasteiger partial charge in [0.15, 0.2) is 11.5 Å². The largest absolute Gasteiger partial charge is 0.486 e. The van der Waals surface area contributed by atoms with Crippen molar-refractivity contribution in [1.29, 1.82) is 0 Å². The van der Waals surface area contributed by atoms with Gasteiger partial charge in [-0.05, 0) is 18.2 Å². The molecule has 6 nitrogen and oxygen atoms in total. The third-order valence-corrected chi connectivity index (χ3v) is 3.67. The quantitative estimate of drug-likeness (QED) is 0.862. The fourth-order valence-electron chi connectivity index (χ4n) is 2.53. The molecule has 2 aliphatic rings. The van der Waals surface area contributed by atoms with E-state index in [9.17, 15) is 9.90 Å². The van der Waals surface area contributed by atoms with Crippen LogP contribution in [0.2, 0.25) is 0 Å². The van der Waals surface area contributed by atoms with E-state index in [0.29, 0.717) is 56.6 Å². The number of hydrogen-bond acceptors (Lipinski definition) is 5. The second kappa shape index (κ2) is 6.32. The molecule has 0 unspecified atom stereocenters. The zero-order valence-corrected chi connectivity index (χ0v) is 11.8. The predicted octanol–water partition coefficient (Wildman–Crippen LogP) is 0.539. The molecular formula is C15H19NO5. The van der Waals surface area contributed by atoms with E-state index >= 15 is 0 Å². The first kappa shape index (κ1) is 14.2. The molecule has 1 amide bonds. The van der Waals surface area contributed by atoms with Crippen LogP contribution in [-0.4, -0.2) is 62.0 Å². The van der Waals surface area contributed by atoms with Gasteiger partial charge >= 0.3 is 0 Å². The van der Waals surface area contributed by atoms with Crippen LogP contribution in [0.3, 0.4) is 0 Å². The van der Waals surface area contributed by atoms with Gasteiger partial charge in [-0.3, -0.25) is 4.79 Å². The van der Waals surface area contributed by atoms with Crippen molar-refractivity contribution in [2.75, 3.05) is 46.1 Å². The highest BCUT2D eigenvalue weighted by molar-refractivity contribution is 5.95. The average Bonchev–Trinajstić information content (AvgIpc) is 2.79. The molecule has 1 atom stereocenters. The Morgan fingerprint density at radius 1 is 1.24 bits per heavy atom. The first-order valence-electron chi connectivity index (χ1n) is 7.15. The lowest BCUT2D eigenvalue weighted by molar-refractivity contribution is 0.0727. The van der Waals surface area contributed by atoms with Crippen LogP contribution in [0.1, 0.15) is 10.4 Å². The third-order valence-electron chi connectivity index (χ3n) is 3.67. The minimum absolute atomic E-state index is 0.0188. The summed E-state index contributed by atoms with van der Waals surface area (Å²) in [6, 6.07) is 5.23. The van der Waals surface area contributed by atoms with Crippen molar-refractivity contribution in [3.63, 3.8) is 0 Å². The molecule has 0 aromatic heterocycles. The van der Waals surface area contributed by atoms with Gasteiger partial charge in [-0.15, -0.1) is 0 Å². The second-order valence-corrected chi connectivity index (χ2v) is 5.23. The van der Waals surface area contributed by atoms with Gasteiger partial charge in [-0.25, -0.2) is 0 Å². The maximum atomic E-state index is 12.6. The summed E-state index contributed by atoms with van der Waals surface area (Å²) >= 11 is 0. The van der Waals surface area contributed by atoms with Gasteiger partial charge in [0.2, 0.25) is 0 Å². The van der Waals surface area contributed by atoms with Crippen molar-refractivity contribution in [1.82, 2.24) is 4.90 Å². The van der Waals surface area contributed by atoms with Gasteiger partial charge in [-0.2, -0.15) is 0 Å². The molecule has 114 valence electrons. The molecule has 0 radical (unpaired) electrons. The number of fused-ring (bicyclic) bond motifs is 1. The van der Waals surface area contributed by atoms with Crippen molar-refractivity contribution in [2.24, 2.45) is 5.92 Å². The molecule has 0 bridgehead atoms. The Bertz CT molecular complexity index is 519. The zero-order chi connectivity index (χ0) is 14.7. The molecule has 2 heterocycles. The Labute approximate surface area is 123 Å². The third kappa shape index (κ3) is 3.11. The van der Waals surface area contributed by atoms with E-state index < -0.39 is 0 Å². The van der Waals surface area contributed by atoms with Crippen molar-refractivity contribution in [3.05, 3.63) is 23.8 Å². The summed E-state index contributed by atoms with van der Waals surface area (Å²) in [6.07, 6.45) is 0. The van der Waals surface area contributed by atoms with Gasteiger partial charge in [0.05, 0.1) is 13.2 Å². The molecule has 1 aromatic carbocycles. The number of carbonyl (C=O) groups excluding carboxylic acids is 1. The summed E-state index contributed by atoms with van der Waals surface area (Å²) in [5.41, 5.74) is 0.567. The van der Waals surface area contributed by atoms with E-state index in [1.54, 1.807) is 23.1 Å². The average molecular weight is 293 g/mol. The number of rotatable bonds is 2. The van der Waals surface area contributed by atoms with Crippen LogP contribution in [0.5, 0.6) is 11.5 Å². The van der Waals surface area contributed by atoms with E-state index in [1.807, 2.05) is 0 Å². The van der Waals surface area contributed by atoms with Gasteiger partial charge in [0.1, 0.15) is 13.2 Å². The SMILES string of the molecule is O=C(c1ccc2c(c1)OCCO2)N1CCOC[C@H](CO)C1. The van der Waals surface area contributed by atoms with E-state index in [-0.39, 0.29) is 18.4 Å². The smallest absolute Gasteiger partial charge is 0.254 e. The molecule has 1 aromatic rings. The summed E-state index contributed by atoms with van der Waals surface area (Å²) in [7, 11) is 0. The highest BCUT2D eigenvalue weighted by atomic mass is 16.6. The molecular weight excluding hydrogens is 274 g/mol. The van der Waals surface area contributed by atoms with Crippen molar-refractivity contribution in [3.8, 4) is 11.5 Å². The van der Waals surface area contributed by atoms with Crippen molar-refractivity contribution in [2.45, 2.75) is 0 Å². The fraction of sp³-hybridized carbons (Fsp3) is 0.533. The van der Waals surface area contributed by atoms with E-state index in [1.165, 1.54) is 0 Å². The van der Waals surface area contributed by atoms with Crippen LogP contribution in [0.4, 0.5) is 0 Å². The standard InChI is InChI=1S/C15H19NO5/c17-9-11-8-16(3-4-19-10-11)15(18)12-1-2-13-14(7-12)21-6-5-20-13/h1-2,7,11,17H,3-6,8-10H2/t11-/m0/s1. The monoisotopic (exact) mass is 293 g/mol.